The van der Waals surface area contributed by atoms with E-state index in [4.69, 9.17) is 0 Å². The van der Waals surface area contributed by atoms with Gasteiger partial charge in [0.05, 0.1) is 0 Å². The van der Waals surface area contributed by atoms with Crippen LogP contribution in [-0.4, -0.2) is 15.0 Å². The van der Waals surface area contributed by atoms with Crippen molar-refractivity contribution in [2.45, 2.75) is 6.92 Å². The largest absolute Gasteiger partial charge is 3.00 e. The molecule has 9 aromatic rings. The van der Waals surface area contributed by atoms with Gasteiger partial charge in [-0.25, -0.2) is 0 Å². The molecule has 6 heteroatoms. The fourth-order valence-electron chi connectivity index (χ4n) is 5.76. The van der Waals surface area contributed by atoms with E-state index < -0.39 is 0 Å². The number of aromatic nitrogens is 3. The molecule has 52 heavy (non-hydrogen) atoms. The second-order valence-electron chi connectivity index (χ2n) is 11.8. The molecule has 0 aliphatic heterocycles. The molecule has 252 valence electrons. The van der Waals surface area contributed by atoms with E-state index in [1.807, 2.05) is 91.1 Å². The standard InChI is InChI=1S/C16H12N.2C15H9FN.Ir/c1-12-6-8-14(9-7-12)16-15-5-3-2-4-13(15)10-11-17-16;2*16-13-7-5-12(6-8-13)15-14-4-2-1-3-11(14)9-10-17-15;/h2-8,10-11H,1H3;2*1-5,7-10H;/q3*-1;+3. The predicted molar refractivity (Wildman–Crippen MR) is 203 cm³/mol. The van der Waals surface area contributed by atoms with Crippen molar-refractivity contribution in [1.29, 1.82) is 0 Å². The third-order valence-electron chi connectivity index (χ3n) is 8.30. The molecule has 0 spiro atoms. The number of rotatable bonds is 3. The van der Waals surface area contributed by atoms with E-state index in [1.54, 1.807) is 24.5 Å². The summed E-state index contributed by atoms with van der Waals surface area (Å²) in [5.41, 5.74) is 6.56. The number of benzene rings is 6. The summed E-state index contributed by atoms with van der Waals surface area (Å²) < 4.78 is 25.7. The van der Waals surface area contributed by atoms with Crippen LogP contribution in [0, 0.1) is 36.8 Å². The van der Waals surface area contributed by atoms with Crippen molar-refractivity contribution in [3.63, 3.8) is 0 Å². The maximum Gasteiger partial charge on any atom is 3.00 e. The van der Waals surface area contributed by atoms with E-state index in [-0.39, 0.29) is 31.7 Å². The number of hydrogen-bond acceptors (Lipinski definition) is 3. The van der Waals surface area contributed by atoms with Gasteiger partial charge in [-0.15, -0.1) is 95.1 Å². The van der Waals surface area contributed by atoms with Gasteiger partial charge in [-0.05, 0) is 67.6 Å². The SMILES string of the molecule is Cc1c[c-]c(-c2nccc3ccccc23)cc1.Fc1c[c-]c(-c2nccc3ccccc23)cc1.Fc1c[c-]c(-c2nccc3ccccc23)cc1.[Ir+3]. The first-order valence-corrected chi connectivity index (χ1v) is 16.4. The van der Waals surface area contributed by atoms with Gasteiger partial charge in [-0.3, -0.25) is 8.78 Å². The number of fused-ring (bicyclic) bond motifs is 3. The Labute approximate surface area is 315 Å². The van der Waals surface area contributed by atoms with Gasteiger partial charge in [0.25, 0.3) is 0 Å². The molecule has 0 saturated carbocycles. The predicted octanol–water partition coefficient (Wildman–Crippen LogP) is 11.7. The van der Waals surface area contributed by atoms with Crippen LogP contribution in [0.1, 0.15) is 5.56 Å². The molecule has 0 aliphatic carbocycles. The van der Waals surface area contributed by atoms with Crippen LogP contribution >= 0.6 is 0 Å². The van der Waals surface area contributed by atoms with Crippen molar-refractivity contribution in [3.05, 3.63) is 200 Å². The molecule has 0 bridgehead atoms. The maximum absolute atomic E-state index is 12.9. The van der Waals surface area contributed by atoms with E-state index in [9.17, 15) is 8.78 Å². The van der Waals surface area contributed by atoms with Crippen LogP contribution in [0.4, 0.5) is 8.78 Å². The summed E-state index contributed by atoms with van der Waals surface area (Å²) in [4.78, 5) is 13.2. The van der Waals surface area contributed by atoms with Crippen molar-refractivity contribution in [1.82, 2.24) is 15.0 Å². The Bertz CT molecular complexity index is 2250. The number of aryl methyl sites for hydroxylation is 1. The first-order chi connectivity index (χ1) is 25.0. The second kappa shape index (κ2) is 16.8. The van der Waals surface area contributed by atoms with Crippen molar-refractivity contribution >= 4 is 32.3 Å². The molecule has 3 nitrogen and oxygen atoms in total. The molecule has 0 radical (unpaired) electrons. The Morgan fingerprint density at radius 1 is 0.404 bits per heavy atom. The minimum atomic E-state index is -0.283. The molecule has 0 aliphatic rings. The van der Waals surface area contributed by atoms with Crippen LogP contribution < -0.4 is 0 Å². The summed E-state index contributed by atoms with van der Waals surface area (Å²) in [7, 11) is 0. The molecule has 9 rings (SSSR count). The molecular weight excluding hydrogens is 825 g/mol. The summed E-state index contributed by atoms with van der Waals surface area (Å²) in [6, 6.07) is 54.4. The molecule has 6 aromatic carbocycles. The van der Waals surface area contributed by atoms with Gasteiger partial charge in [-0.2, -0.15) is 0 Å². The van der Waals surface area contributed by atoms with Gasteiger partial charge in [0.2, 0.25) is 0 Å². The van der Waals surface area contributed by atoms with E-state index in [2.05, 4.69) is 64.3 Å². The van der Waals surface area contributed by atoms with Crippen molar-refractivity contribution in [2.75, 3.05) is 0 Å². The number of pyridine rings is 3. The Hall–Kier alpha value is -5.94. The molecule has 3 heterocycles. The fourth-order valence-corrected chi connectivity index (χ4v) is 5.76. The summed E-state index contributed by atoms with van der Waals surface area (Å²) in [6.45, 7) is 2.07. The molecular formula is C46H30F2IrN3. The molecule has 0 fully saturated rings. The summed E-state index contributed by atoms with van der Waals surface area (Å²) >= 11 is 0. The normalized spacial score (nSPS) is 10.4. The monoisotopic (exact) mass is 855 g/mol. The first-order valence-electron chi connectivity index (χ1n) is 16.4. The quantitative estimate of drug-likeness (QED) is 0.166. The van der Waals surface area contributed by atoms with E-state index in [0.29, 0.717) is 0 Å². The Morgan fingerprint density at radius 2 is 0.750 bits per heavy atom. The van der Waals surface area contributed by atoms with E-state index >= 15 is 0 Å². The van der Waals surface area contributed by atoms with Crippen molar-refractivity contribution < 1.29 is 28.9 Å². The Balaban J connectivity index is 0.000000133. The average molecular weight is 855 g/mol. The van der Waals surface area contributed by atoms with Gasteiger partial charge < -0.3 is 15.0 Å². The van der Waals surface area contributed by atoms with Crippen molar-refractivity contribution in [2.24, 2.45) is 0 Å². The van der Waals surface area contributed by atoms with Crippen LogP contribution in [-0.2, 0) is 20.1 Å². The van der Waals surface area contributed by atoms with Crippen LogP contribution in [0.15, 0.2) is 164 Å². The van der Waals surface area contributed by atoms with Crippen LogP contribution in [0.25, 0.3) is 66.1 Å². The van der Waals surface area contributed by atoms with Crippen LogP contribution in [0.2, 0.25) is 0 Å². The zero-order valence-electron chi connectivity index (χ0n) is 28.0. The molecule has 0 unspecified atom stereocenters. The number of nitrogens with zero attached hydrogens (tertiary/aromatic N) is 3. The fraction of sp³-hybridized carbons (Fsp3) is 0.0217. The zero-order valence-corrected chi connectivity index (χ0v) is 30.4. The topological polar surface area (TPSA) is 38.7 Å². The zero-order chi connectivity index (χ0) is 35.0. The number of halogens is 2. The Morgan fingerprint density at radius 3 is 1.08 bits per heavy atom. The molecule has 0 atom stereocenters. The second-order valence-corrected chi connectivity index (χ2v) is 11.8. The minimum Gasteiger partial charge on any atom is -0.304 e. The summed E-state index contributed by atoms with van der Waals surface area (Å²) in [6.07, 6.45) is 5.37. The minimum absolute atomic E-state index is 0. The smallest absolute Gasteiger partial charge is 0.304 e. The number of hydrogen-bond donors (Lipinski definition) is 0. The van der Waals surface area contributed by atoms with Gasteiger partial charge in [0.15, 0.2) is 0 Å². The van der Waals surface area contributed by atoms with Crippen LogP contribution in [0.5, 0.6) is 0 Å². The third kappa shape index (κ3) is 8.32. The maximum atomic E-state index is 12.9. The van der Waals surface area contributed by atoms with Crippen molar-refractivity contribution in [3.8, 4) is 33.8 Å². The average Bonchev–Trinajstić information content (AvgIpc) is 3.19. The molecule has 0 saturated heterocycles. The van der Waals surface area contributed by atoms with Gasteiger partial charge in [-0.1, -0.05) is 79.7 Å². The molecule has 0 amide bonds. The van der Waals surface area contributed by atoms with Gasteiger partial charge in [0, 0.05) is 30.2 Å². The van der Waals surface area contributed by atoms with Gasteiger partial charge >= 0.3 is 20.1 Å². The summed E-state index contributed by atoms with van der Waals surface area (Å²) in [5.74, 6) is -0.567. The first kappa shape index (κ1) is 35.9. The van der Waals surface area contributed by atoms with Crippen LogP contribution in [0.3, 0.4) is 0 Å². The third-order valence-corrected chi connectivity index (χ3v) is 8.30. The van der Waals surface area contributed by atoms with E-state index in [0.717, 1.165) is 55.3 Å². The Kier molecular flexibility index (Phi) is 11.6. The molecule has 3 aromatic heterocycles. The summed E-state index contributed by atoms with van der Waals surface area (Å²) in [5, 5.41) is 6.74. The van der Waals surface area contributed by atoms with Gasteiger partial charge in [0.1, 0.15) is 0 Å². The van der Waals surface area contributed by atoms with E-state index in [1.165, 1.54) is 40.6 Å². The molecule has 0 N–H and O–H groups in total.